The van der Waals surface area contributed by atoms with Crippen molar-refractivity contribution in [2.24, 2.45) is 0 Å². The number of aromatic hydroxyl groups is 1. The number of hydrogen-bond acceptors (Lipinski definition) is 4. The molecule has 0 fully saturated rings. The van der Waals surface area contributed by atoms with Crippen LogP contribution >= 0.6 is 0 Å². The van der Waals surface area contributed by atoms with Crippen molar-refractivity contribution >= 4 is 57.4 Å². The number of esters is 1. The number of carbonyl (C=O) groups is 1. The molecule has 17 heavy (non-hydrogen) atoms. The SMILES string of the molecule is COC(=O)c1cc(O)nn1-c1ccccc1.[KH]. The monoisotopic (exact) mass is 258 g/mol. The van der Waals surface area contributed by atoms with Gasteiger partial charge in [-0.1, -0.05) is 18.2 Å². The average Bonchev–Trinajstić information content (AvgIpc) is 2.71. The Morgan fingerprint density at radius 3 is 2.59 bits per heavy atom. The van der Waals surface area contributed by atoms with Gasteiger partial charge in [0.1, 0.15) is 0 Å². The Balaban J connectivity index is 0.00000144. The molecular weight excluding hydrogens is 247 g/mol. The van der Waals surface area contributed by atoms with Crippen LogP contribution in [0.15, 0.2) is 36.4 Å². The van der Waals surface area contributed by atoms with Crippen molar-refractivity contribution < 1.29 is 14.6 Å². The first kappa shape index (κ1) is 14.4. The van der Waals surface area contributed by atoms with Gasteiger partial charge in [0.05, 0.1) is 12.8 Å². The predicted octanol–water partition coefficient (Wildman–Crippen LogP) is 0.716. The maximum atomic E-state index is 11.4. The Bertz CT molecular complexity index is 511. The molecule has 0 atom stereocenters. The van der Waals surface area contributed by atoms with Crippen LogP contribution in [0.3, 0.4) is 0 Å². The number of rotatable bonds is 2. The van der Waals surface area contributed by atoms with Gasteiger partial charge in [0.25, 0.3) is 0 Å². The molecule has 84 valence electrons. The molecule has 5 nitrogen and oxygen atoms in total. The van der Waals surface area contributed by atoms with E-state index in [0.29, 0.717) is 5.69 Å². The molecule has 0 saturated heterocycles. The van der Waals surface area contributed by atoms with Gasteiger partial charge in [0.2, 0.25) is 5.88 Å². The van der Waals surface area contributed by atoms with E-state index in [2.05, 4.69) is 9.84 Å². The average molecular weight is 258 g/mol. The molecule has 2 rings (SSSR count). The van der Waals surface area contributed by atoms with Gasteiger partial charge in [-0.25, -0.2) is 9.48 Å². The topological polar surface area (TPSA) is 64.3 Å². The normalized spacial score (nSPS) is 9.47. The third-order valence-electron chi connectivity index (χ3n) is 2.09. The molecule has 0 spiro atoms. The van der Waals surface area contributed by atoms with Crippen LogP contribution in [0.1, 0.15) is 10.5 Å². The van der Waals surface area contributed by atoms with Crippen molar-refractivity contribution in [1.29, 1.82) is 0 Å². The second-order valence-corrected chi connectivity index (χ2v) is 3.13. The zero-order chi connectivity index (χ0) is 11.5. The summed E-state index contributed by atoms with van der Waals surface area (Å²) in [6.45, 7) is 0. The van der Waals surface area contributed by atoms with Crippen LogP contribution in [0.25, 0.3) is 5.69 Å². The van der Waals surface area contributed by atoms with E-state index < -0.39 is 5.97 Å². The zero-order valence-electron chi connectivity index (χ0n) is 8.62. The van der Waals surface area contributed by atoms with Crippen molar-refractivity contribution in [2.45, 2.75) is 0 Å². The van der Waals surface area contributed by atoms with Crippen LogP contribution < -0.4 is 0 Å². The van der Waals surface area contributed by atoms with Crippen LogP contribution in [0, 0.1) is 0 Å². The van der Waals surface area contributed by atoms with Crippen molar-refractivity contribution in [3.05, 3.63) is 42.1 Å². The number of benzene rings is 1. The molecule has 1 aromatic carbocycles. The van der Waals surface area contributed by atoms with Crippen LogP contribution in [-0.2, 0) is 4.74 Å². The van der Waals surface area contributed by atoms with Gasteiger partial charge >= 0.3 is 57.4 Å². The van der Waals surface area contributed by atoms with Crippen LogP contribution in [0.5, 0.6) is 5.88 Å². The number of ether oxygens (including phenoxy) is 1. The van der Waals surface area contributed by atoms with E-state index in [9.17, 15) is 9.90 Å². The molecule has 0 aliphatic heterocycles. The van der Waals surface area contributed by atoms with E-state index >= 15 is 0 Å². The summed E-state index contributed by atoms with van der Waals surface area (Å²) in [5.41, 5.74) is 0.870. The summed E-state index contributed by atoms with van der Waals surface area (Å²) in [7, 11) is 1.28. The maximum absolute atomic E-state index is 11.4. The van der Waals surface area contributed by atoms with Crippen molar-refractivity contribution in [1.82, 2.24) is 9.78 Å². The van der Waals surface area contributed by atoms with E-state index in [0.717, 1.165) is 0 Å². The van der Waals surface area contributed by atoms with E-state index in [1.54, 1.807) is 12.1 Å². The molecule has 0 saturated carbocycles. The van der Waals surface area contributed by atoms with Gasteiger partial charge in [-0.2, -0.15) is 0 Å². The standard InChI is InChI=1S/C11H10N2O3.K.H/c1-16-11(15)9-7-10(14)12-13(9)8-5-3-2-4-6-8;;/h2-7H,1H3,(H,12,14);;. The molecule has 1 heterocycles. The van der Waals surface area contributed by atoms with E-state index in [4.69, 9.17) is 0 Å². The molecule has 6 heteroatoms. The van der Waals surface area contributed by atoms with Gasteiger partial charge in [-0.15, -0.1) is 5.10 Å². The number of hydrogen-bond donors (Lipinski definition) is 1. The molecule has 2 aromatic rings. The first-order chi connectivity index (χ1) is 7.72. The fourth-order valence-electron chi connectivity index (χ4n) is 1.38. The quantitative estimate of drug-likeness (QED) is 0.636. The first-order valence-corrected chi connectivity index (χ1v) is 4.65. The first-order valence-electron chi connectivity index (χ1n) is 4.65. The molecule has 1 N–H and O–H groups in total. The minimum atomic E-state index is -0.545. The summed E-state index contributed by atoms with van der Waals surface area (Å²) < 4.78 is 5.94. The molecule has 0 unspecified atom stereocenters. The number of para-hydroxylation sites is 1. The van der Waals surface area contributed by atoms with Crippen LogP contribution in [-0.4, -0.2) is 79.4 Å². The molecule has 0 aliphatic carbocycles. The van der Waals surface area contributed by atoms with E-state index in [1.165, 1.54) is 17.9 Å². The third-order valence-corrected chi connectivity index (χ3v) is 2.09. The number of methoxy groups -OCH3 is 1. The Kier molecular flexibility index (Phi) is 5.35. The Morgan fingerprint density at radius 2 is 2.00 bits per heavy atom. The van der Waals surface area contributed by atoms with Gasteiger partial charge in [-0.3, -0.25) is 0 Å². The van der Waals surface area contributed by atoms with Crippen molar-refractivity contribution in [3.8, 4) is 11.6 Å². The molecular formula is C11H11KN2O3. The Hall–Kier alpha value is -0.664. The van der Waals surface area contributed by atoms with Crippen LogP contribution in [0.2, 0.25) is 0 Å². The van der Waals surface area contributed by atoms with Gasteiger partial charge < -0.3 is 9.84 Å². The molecule has 0 radical (unpaired) electrons. The molecule has 0 aliphatic rings. The fraction of sp³-hybridized carbons (Fsp3) is 0.0909. The summed E-state index contributed by atoms with van der Waals surface area (Å²) in [5.74, 6) is -0.763. The Labute approximate surface area is 141 Å². The molecule has 0 amide bonds. The fourth-order valence-corrected chi connectivity index (χ4v) is 1.38. The number of aromatic nitrogens is 2. The van der Waals surface area contributed by atoms with Gasteiger partial charge in [-0.05, 0) is 12.1 Å². The Morgan fingerprint density at radius 1 is 1.35 bits per heavy atom. The van der Waals surface area contributed by atoms with Gasteiger partial charge in [0.15, 0.2) is 5.69 Å². The van der Waals surface area contributed by atoms with Crippen molar-refractivity contribution in [2.75, 3.05) is 7.11 Å². The summed E-state index contributed by atoms with van der Waals surface area (Å²) in [4.78, 5) is 11.4. The van der Waals surface area contributed by atoms with Crippen LogP contribution in [0.4, 0.5) is 0 Å². The second kappa shape index (κ2) is 6.32. The third kappa shape index (κ3) is 3.17. The summed E-state index contributed by atoms with van der Waals surface area (Å²) in [6, 6.07) is 10.3. The zero-order valence-corrected chi connectivity index (χ0v) is 8.62. The molecule has 1 aromatic heterocycles. The minimum absolute atomic E-state index is 0. The van der Waals surface area contributed by atoms with E-state index in [-0.39, 0.29) is 63.0 Å². The summed E-state index contributed by atoms with van der Waals surface area (Å²) in [6.07, 6.45) is 0. The summed E-state index contributed by atoms with van der Waals surface area (Å²) >= 11 is 0. The van der Waals surface area contributed by atoms with E-state index in [1.807, 2.05) is 18.2 Å². The molecule has 0 bridgehead atoms. The number of carbonyl (C=O) groups excluding carboxylic acids is 1. The second-order valence-electron chi connectivity index (χ2n) is 3.13. The predicted molar refractivity (Wildman–Crippen MR) is 63.7 cm³/mol. The van der Waals surface area contributed by atoms with Crippen molar-refractivity contribution in [3.63, 3.8) is 0 Å². The number of nitrogens with zero attached hydrogens (tertiary/aromatic N) is 2. The van der Waals surface area contributed by atoms with Gasteiger partial charge in [0, 0.05) is 6.07 Å². The summed E-state index contributed by atoms with van der Waals surface area (Å²) in [5, 5.41) is 13.1.